The molecule has 0 radical (unpaired) electrons. The molecule has 3 aromatic heterocycles. The number of hydrogen-bond acceptors (Lipinski definition) is 6. The highest BCUT2D eigenvalue weighted by Crippen LogP contribution is 2.25. The van der Waals surface area contributed by atoms with Gasteiger partial charge in [0.05, 0.1) is 36.5 Å². The molecule has 2 aliphatic heterocycles. The average Bonchev–Trinajstić information content (AvgIpc) is 3.42. The van der Waals surface area contributed by atoms with Crippen molar-refractivity contribution >= 4 is 28.3 Å². The number of benzene rings is 1. The zero-order chi connectivity index (χ0) is 22.4. The van der Waals surface area contributed by atoms with Crippen LogP contribution in [-0.4, -0.2) is 63.7 Å². The predicted octanol–water partition coefficient (Wildman–Crippen LogP) is 3.10. The number of carbonyl (C=O) groups is 1. The molecule has 0 saturated carbocycles. The molecule has 8 heteroatoms. The number of nitrogens with one attached hydrogen (secondary N) is 1. The summed E-state index contributed by atoms with van der Waals surface area (Å²) in [6, 6.07) is 13.2. The Morgan fingerprint density at radius 2 is 2.03 bits per heavy atom. The number of carbonyl (C=O) groups excluding carboxylic acids is 1. The second-order valence-corrected chi connectivity index (χ2v) is 9.61. The average molecular weight is 460 g/mol. The van der Waals surface area contributed by atoms with Gasteiger partial charge >= 0.3 is 0 Å². The van der Waals surface area contributed by atoms with Crippen molar-refractivity contribution in [2.24, 2.45) is 7.05 Å². The van der Waals surface area contributed by atoms with Gasteiger partial charge in [-0.05, 0) is 29.7 Å². The summed E-state index contributed by atoms with van der Waals surface area (Å²) in [5.41, 5.74) is 7.56. The molecular formula is C25H25N5O2S. The third kappa shape index (κ3) is 3.94. The molecule has 6 rings (SSSR count). The molecule has 7 nitrogen and oxygen atoms in total. The minimum absolute atomic E-state index is 0.104. The summed E-state index contributed by atoms with van der Waals surface area (Å²) >= 11 is 1.60. The maximum absolute atomic E-state index is 13.0. The SMILES string of the molecule is Cn1ccc2c(Cc3ccc(-c4cscn4)cc3)cc(C(=O)NC3CN(C4COC4)C3)nc21. The van der Waals surface area contributed by atoms with Crippen molar-refractivity contribution in [1.29, 1.82) is 0 Å². The number of aromatic nitrogens is 3. The van der Waals surface area contributed by atoms with Crippen molar-refractivity contribution in [3.8, 4) is 11.3 Å². The maximum Gasteiger partial charge on any atom is 0.270 e. The van der Waals surface area contributed by atoms with Crippen molar-refractivity contribution < 1.29 is 9.53 Å². The van der Waals surface area contributed by atoms with Crippen LogP contribution in [0.4, 0.5) is 0 Å². The first kappa shape index (κ1) is 20.5. The molecule has 0 bridgehead atoms. The minimum Gasteiger partial charge on any atom is -0.378 e. The summed E-state index contributed by atoms with van der Waals surface area (Å²) in [4.78, 5) is 24.5. The quantitative estimate of drug-likeness (QED) is 0.480. The molecular weight excluding hydrogens is 434 g/mol. The van der Waals surface area contributed by atoms with E-state index in [9.17, 15) is 4.79 Å². The number of fused-ring (bicyclic) bond motifs is 1. The van der Waals surface area contributed by atoms with Crippen LogP contribution in [0.5, 0.6) is 0 Å². The van der Waals surface area contributed by atoms with E-state index in [1.54, 1.807) is 11.3 Å². The van der Waals surface area contributed by atoms with E-state index in [-0.39, 0.29) is 11.9 Å². The molecule has 0 aliphatic carbocycles. The lowest BCUT2D eigenvalue weighted by atomic mass is 10.00. The summed E-state index contributed by atoms with van der Waals surface area (Å²) < 4.78 is 7.24. The first-order chi connectivity index (χ1) is 16.1. The van der Waals surface area contributed by atoms with Crippen molar-refractivity contribution in [1.82, 2.24) is 24.8 Å². The van der Waals surface area contributed by atoms with Gasteiger partial charge in [-0.2, -0.15) is 0 Å². The van der Waals surface area contributed by atoms with Crippen LogP contribution in [0.3, 0.4) is 0 Å². The van der Waals surface area contributed by atoms with Crippen molar-refractivity contribution in [2.45, 2.75) is 18.5 Å². The normalized spacial score (nSPS) is 17.1. The predicted molar refractivity (Wildman–Crippen MR) is 129 cm³/mol. The minimum atomic E-state index is -0.104. The van der Waals surface area contributed by atoms with Crippen molar-refractivity contribution in [2.75, 3.05) is 26.3 Å². The molecule has 1 N–H and O–H groups in total. The van der Waals surface area contributed by atoms with Gasteiger partial charge in [-0.1, -0.05) is 24.3 Å². The molecule has 2 saturated heterocycles. The fraction of sp³-hybridized carbons (Fsp3) is 0.320. The Kier molecular flexibility index (Phi) is 5.21. The summed E-state index contributed by atoms with van der Waals surface area (Å²) in [6.45, 7) is 3.37. The van der Waals surface area contributed by atoms with Crippen LogP contribution >= 0.6 is 11.3 Å². The number of likely N-dealkylation sites (tertiary alicyclic amines) is 1. The number of hydrogen-bond donors (Lipinski definition) is 1. The molecule has 168 valence electrons. The third-order valence-corrected chi connectivity index (χ3v) is 7.20. The highest BCUT2D eigenvalue weighted by Gasteiger charge is 2.36. The highest BCUT2D eigenvalue weighted by molar-refractivity contribution is 7.07. The van der Waals surface area contributed by atoms with Crippen LogP contribution in [0.2, 0.25) is 0 Å². The Labute approximate surface area is 196 Å². The molecule has 33 heavy (non-hydrogen) atoms. The van der Waals surface area contributed by atoms with Crippen LogP contribution in [0.15, 0.2) is 53.5 Å². The second kappa shape index (κ2) is 8.37. The monoisotopic (exact) mass is 459 g/mol. The number of thiazole rings is 1. The van der Waals surface area contributed by atoms with Gasteiger partial charge in [-0.15, -0.1) is 11.3 Å². The van der Waals surface area contributed by atoms with Crippen LogP contribution in [-0.2, 0) is 18.2 Å². The number of nitrogens with zero attached hydrogens (tertiary/aromatic N) is 4. The molecule has 5 heterocycles. The number of ether oxygens (including phenoxy) is 1. The van der Waals surface area contributed by atoms with Gasteiger partial charge in [0.1, 0.15) is 11.3 Å². The van der Waals surface area contributed by atoms with Crippen LogP contribution in [0.1, 0.15) is 21.6 Å². The lowest BCUT2D eigenvalue weighted by Gasteiger charge is -2.47. The first-order valence-corrected chi connectivity index (χ1v) is 12.1. The third-order valence-electron chi connectivity index (χ3n) is 6.61. The molecule has 0 unspecified atom stereocenters. The molecule has 4 aromatic rings. The van der Waals surface area contributed by atoms with Gasteiger partial charge in [0.25, 0.3) is 5.91 Å². The molecule has 2 aliphatic rings. The number of amides is 1. The van der Waals surface area contributed by atoms with E-state index in [4.69, 9.17) is 4.74 Å². The smallest absolute Gasteiger partial charge is 0.270 e. The van der Waals surface area contributed by atoms with Crippen LogP contribution in [0.25, 0.3) is 22.3 Å². The zero-order valence-corrected chi connectivity index (χ0v) is 19.2. The Morgan fingerprint density at radius 1 is 1.21 bits per heavy atom. The summed E-state index contributed by atoms with van der Waals surface area (Å²) in [7, 11) is 1.97. The van der Waals surface area contributed by atoms with Gasteiger partial charge in [0, 0.05) is 42.7 Å². The summed E-state index contributed by atoms with van der Waals surface area (Å²) in [5, 5.41) is 6.29. The Bertz CT molecular complexity index is 1290. The van der Waals surface area contributed by atoms with E-state index in [0.29, 0.717) is 11.7 Å². The van der Waals surface area contributed by atoms with Crippen LogP contribution in [0, 0.1) is 0 Å². The fourth-order valence-corrected chi connectivity index (χ4v) is 5.09. The van der Waals surface area contributed by atoms with E-state index in [1.807, 2.05) is 29.4 Å². The van der Waals surface area contributed by atoms with Gasteiger partial charge in [-0.25, -0.2) is 9.97 Å². The second-order valence-electron chi connectivity index (χ2n) is 8.89. The van der Waals surface area contributed by atoms with Gasteiger partial charge in [-0.3, -0.25) is 9.69 Å². The largest absolute Gasteiger partial charge is 0.378 e. The Morgan fingerprint density at radius 3 is 2.73 bits per heavy atom. The lowest BCUT2D eigenvalue weighted by molar-refractivity contribution is -0.0921. The van der Waals surface area contributed by atoms with E-state index >= 15 is 0 Å². The van der Waals surface area contributed by atoms with Gasteiger partial charge < -0.3 is 14.6 Å². The fourth-order valence-electron chi connectivity index (χ4n) is 4.53. The molecule has 1 amide bonds. The van der Waals surface area contributed by atoms with Gasteiger partial charge in [0.15, 0.2) is 0 Å². The van der Waals surface area contributed by atoms with E-state index < -0.39 is 0 Å². The molecule has 0 atom stereocenters. The Balaban J connectivity index is 1.22. The van der Waals surface area contributed by atoms with Gasteiger partial charge in [0.2, 0.25) is 0 Å². The van der Waals surface area contributed by atoms with Crippen molar-refractivity contribution in [3.05, 3.63) is 70.3 Å². The Hall–Kier alpha value is -3.07. The molecule has 2 fully saturated rings. The summed E-state index contributed by atoms with van der Waals surface area (Å²) in [6.07, 6.45) is 2.73. The van der Waals surface area contributed by atoms with Crippen molar-refractivity contribution in [3.63, 3.8) is 0 Å². The molecule has 0 spiro atoms. The first-order valence-electron chi connectivity index (χ1n) is 11.2. The van der Waals surface area contributed by atoms with Crippen LogP contribution < -0.4 is 5.32 Å². The van der Waals surface area contributed by atoms with E-state index in [1.165, 1.54) is 5.56 Å². The number of rotatable bonds is 6. The number of pyridine rings is 1. The zero-order valence-electron chi connectivity index (χ0n) is 18.4. The highest BCUT2D eigenvalue weighted by atomic mass is 32.1. The van der Waals surface area contributed by atoms with E-state index in [2.05, 4.69) is 55.9 Å². The lowest BCUT2D eigenvalue weighted by Crippen LogP contribution is -2.66. The molecule has 1 aromatic carbocycles. The maximum atomic E-state index is 13.0. The summed E-state index contributed by atoms with van der Waals surface area (Å²) in [5.74, 6) is -0.104. The number of aryl methyl sites for hydroxylation is 1. The topological polar surface area (TPSA) is 72.3 Å². The van der Waals surface area contributed by atoms with E-state index in [0.717, 1.165) is 60.6 Å². The standard InChI is InChI=1S/C25H25N5O2S/c1-29-7-6-21-18(8-16-2-4-17(5-3-16)23-14-33-15-26-23)9-22(28-24(21)29)25(31)27-19-10-30(11-19)20-12-32-13-20/h2-7,9,14-15,19-20H,8,10-13H2,1H3,(H,27,31).